The van der Waals surface area contributed by atoms with Gasteiger partial charge in [0.25, 0.3) is 0 Å². The smallest absolute Gasteiger partial charge is 0.305 e. The SMILES string of the molecule is COC(=O)C[C@H]1C[C@@H]2CC[C@H]1O2. The summed E-state index contributed by atoms with van der Waals surface area (Å²) < 4.78 is 10.2. The summed E-state index contributed by atoms with van der Waals surface area (Å²) in [6.45, 7) is 0. The first-order valence-electron chi connectivity index (χ1n) is 4.52. The third-order valence-electron chi connectivity index (χ3n) is 2.89. The van der Waals surface area contributed by atoms with E-state index in [0.717, 1.165) is 12.8 Å². The molecule has 2 aliphatic rings. The molecule has 2 heterocycles. The van der Waals surface area contributed by atoms with Gasteiger partial charge < -0.3 is 9.47 Å². The maximum Gasteiger partial charge on any atom is 0.305 e. The molecular formula is C9H14O3. The number of carbonyl (C=O) groups is 1. The van der Waals surface area contributed by atoms with Gasteiger partial charge >= 0.3 is 5.97 Å². The van der Waals surface area contributed by atoms with Crippen LogP contribution in [-0.2, 0) is 14.3 Å². The van der Waals surface area contributed by atoms with Crippen LogP contribution in [-0.4, -0.2) is 25.3 Å². The number of hydrogen-bond donors (Lipinski definition) is 0. The Kier molecular flexibility index (Phi) is 2.05. The molecule has 0 aliphatic carbocycles. The molecule has 2 saturated heterocycles. The van der Waals surface area contributed by atoms with E-state index in [-0.39, 0.29) is 5.97 Å². The molecule has 0 N–H and O–H groups in total. The number of methoxy groups -OCH3 is 1. The molecule has 2 fully saturated rings. The summed E-state index contributed by atoms with van der Waals surface area (Å²) in [5.41, 5.74) is 0. The van der Waals surface area contributed by atoms with Gasteiger partial charge in [-0.15, -0.1) is 0 Å². The van der Waals surface area contributed by atoms with E-state index in [9.17, 15) is 4.79 Å². The van der Waals surface area contributed by atoms with Gasteiger partial charge in [0.05, 0.1) is 25.7 Å². The van der Waals surface area contributed by atoms with Crippen LogP contribution in [0.1, 0.15) is 25.7 Å². The molecule has 0 aromatic carbocycles. The average Bonchev–Trinajstić information content (AvgIpc) is 2.64. The monoisotopic (exact) mass is 170 g/mol. The highest BCUT2D eigenvalue weighted by molar-refractivity contribution is 5.69. The minimum absolute atomic E-state index is 0.101. The quantitative estimate of drug-likeness (QED) is 0.582. The second kappa shape index (κ2) is 3.05. The fourth-order valence-corrected chi connectivity index (χ4v) is 2.26. The van der Waals surface area contributed by atoms with Crippen molar-refractivity contribution in [3.63, 3.8) is 0 Å². The van der Waals surface area contributed by atoms with Crippen molar-refractivity contribution in [2.75, 3.05) is 7.11 Å². The maximum atomic E-state index is 11.0. The summed E-state index contributed by atoms with van der Waals surface area (Å²) in [5.74, 6) is 0.326. The van der Waals surface area contributed by atoms with Gasteiger partial charge in [0, 0.05) is 0 Å². The second-order valence-corrected chi connectivity index (χ2v) is 3.65. The van der Waals surface area contributed by atoms with Gasteiger partial charge in [-0.05, 0) is 25.2 Å². The molecule has 0 radical (unpaired) electrons. The van der Waals surface area contributed by atoms with Crippen LogP contribution in [0.2, 0.25) is 0 Å². The van der Waals surface area contributed by atoms with Crippen LogP contribution >= 0.6 is 0 Å². The van der Waals surface area contributed by atoms with Gasteiger partial charge in [0.2, 0.25) is 0 Å². The molecular weight excluding hydrogens is 156 g/mol. The Hall–Kier alpha value is -0.570. The molecule has 0 unspecified atom stereocenters. The predicted molar refractivity (Wildman–Crippen MR) is 42.6 cm³/mol. The van der Waals surface area contributed by atoms with Crippen molar-refractivity contribution in [1.82, 2.24) is 0 Å². The number of esters is 1. The van der Waals surface area contributed by atoms with E-state index in [0.29, 0.717) is 24.5 Å². The van der Waals surface area contributed by atoms with Gasteiger partial charge in [-0.1, -0.05) is 0 Å². The van der Waals surface area contributed by atoms with E-state index in [1.165, 1.54) is 13.5 Å². The topological polar surface area (TPSA) is 35.5 Å². The fourth-order valence-electron chi connectivity index (χ4n) is 2.26. The largest absolute Gasteiger partial charge is 0.469 e. The Bertz CT molecular complexity index is 190. The van der Waals surface area contributed by atoms with E-state index in [1.54, 1.807) is 0 Å². The lowest BCUT2D eigenvalue weighted by molar-refractivity contribution is -0.142. The zero-order valence-corrected chi connectivity index (χ0v) is 7.29. The van der Waals surface area contributed by atoms with E-state index in [4.69, 9.17) is 4.74 Å². The normalized spacial score (nSPS) is 38.6. The van der Waals surface area contributed by atoms with Gasteiger partial charge in [-0.2, -0.15) is 0 Å². The Balaban J connectivity index is 1.86. The van der Waals surface area contributed by atoms with E-state index >= 15 is 0 Å². The zero-order chi connectivity index (χ0) is 8.55. The average molecular weight is 170 g/mol. The molecule has 0 saturated carbocycles. The highest BCUT2D eigenvalue weighted by Crippen LogP contribution is 2.40. The zero-order valence-electron chi connectivity index (χ0n) is 7.29. The number of rotatable bonds is 2. The molecule has 68 valence electrons. The summed E-state index contributed by atoms with van der Waals surface area (Å²) >= 11 is 0. The van der Waals surface area contributed by atoms with Gasteiger partial charge in [0.15, 0.2) is 0 Å². The highest BCUT2D eigenvalue weighted by atomic mass is 16.5. The summed E-state index contributed by atoms with van der Waals surface area (Å²) in [6, 6.07) is 0. The lowest BCUT2D eigenvalue weighted by atomic mass is 9.87. The summed E-state index contributed by atoms with van der Waals surface area (Å²) in [5, 5.41) is 0. The Morgan fingerprint density at radius 1 is 1.58 bits per heavy atom. The molecule has 2 aliphatic heterocycles. The molecule has 12 heavy (non-hydrogen) atoms. The van der Waals surface area contributed by atoms with Crippen molar-refractivity contribution in [1.29, 1.82) is 0 Å². The number of ether oxygens (including phenoxy) is 2. The number of fused-ring (bicyclic) bond motifs is 2. The molecule has 0 aromatic rings. The predicted octanol–water partition coefficient (Wildman–Crippen LogP) is 1.12. The molecule has 0 amide bonds. The molecule has 3 atom stereocenters. The summed E-state index contributed by atoms with van der Waals surface area (Å²) in [6.07, 6.45) is 4.69. The van der Waals surface area contributed by atoms with Gasteiger partial charge in [0.1, 0.15) is 0 Å². The van der Waals surface area contributed by atoms with E-state index in [2.05, 4.69) is 4.74 Å². The van der Waals surface area contributed by atoms with E-state index in [1.807, 2.05) is 0 Å². The van der Waals surface area contributed by atoms with Crippen LogP contribution in [0.3, 0.4) is 0 Å². The first kappa shape index (κ1) is 8.05. The Morgan fingerprint density at radius 2 is 2.42 bits per heavy atom. The first-order chi connectivity index (χ1) is 5.79. The Morgan fingerprint density at radius 3 is 2.92 bits per heavy atom. The highest BCUT2D eigenvalue weighted by Gasteiger charge is 2.41. The van der Waals surface area contributed by atoms with Crippen molar-refractivity contribution in [3.05, 3.63) is 0 Å². The molecule has 3 heteroatoms. The molecule has 0 spiro atoms. The third kappa shape index (κ3) is 1.33. The minimum Gasteiger partial charge on any atom is -0.469 e. The maximum absolute atomic E-state index is 11.0. The van der Waals surface area contributed by atoms with Gasteiger partial charge in [-0.25, -0.2) is 0 Å². The van der Waals surface area contributed by atoms with Crippen molar-refractivity contribution in [2.24, 2.45) is 5.92 Å². The second-order valence-electron chi connectivity index (χ2n) is 3.65. The van der Waals surface area contributed by atoms with E-state index < -0.39 is 0 Å². The minimum atomic E-state index is -0.101. The third-order valence-corrected chi connectivity index (χ3v) is 2.89. The standard InChI is InChI=1S/C9H14O3/c1-11-9(10)5-6-4-7-2-3-8(6)12-7/h6-8H,2-5H2,1H3/t6-,7+,8-/m1/s1. The molecule has 0 aromatic heterocycles. The number of hydrogen-bond acceptors (Lipinski definition) is 3. The first-order valence-corrected chi connectivity index (χ1v) is 4.52. The lowest BCUT2D eigenvalue weighted by Gasteiger charge is -2.16. The Labute approximate surface area is 72.0 Å². The number of carbonyl (C=O) groups excluding carboxylic acids is 1. The lowest BCUT2D eigenvalue weighted by Crippen LogP contribution is -2.20. The van der Waals surface area contributed by atoms with Crippen molar-refractivity contribution < 1.29 is 14.3 Å². The van der Waals surface area contributed by atoms with Crippen LogP contribution in [0.5, 0.6) is 0 Å². The van der Waals surface area contributed by atoms with Crippen LogP contribution in [0.25, 0.3) is 0 Å². The van der Waals surface area contributed by atoms with Gasteiger partial charge in [-0.3, -0.25) is 4.79 Å². The fraction of sp³-hybridized carbons (Fsp3) is 0.889. The van der Waals surface area contributed by atoms with Crippen LogP contribution in [0.4, 0.5) is 0 Å². The van der Waals surface area contributed by atoms with Crippen LogP contribution in [0, 0.1) is 5.92 Å². The summed E-state index contributed by atoms with van der Waals surface area (Å²) in [7, 11) is 1.44. The van der Waals surface area contributed by atoms with Crippen molar-refractivity contribution in [3.8, 4) is 0 Å². The molecule has 2 bridgehead atoms. The van der Waals surface area contributed by atoms with Crippen molar-refractivity contribution in [2.45, 2.75) is 37.9 Å². The van der Waals surface area contributed by atoms with Crippen molar-refractivity contribution >= 4 is 5.97 Å². The molecule has 2 rings (SSSR count). The molecule has 3 nitrogen and oxygen atoms in total. The summed E-state index contributed by atoms with van der Waals surface area (Å²) in [4.78, 5) is 11.0. The van der Waals surface area contributed by atoms with Crippen LogP contribution in [0.15, 0.2) is 0 Å². The van der Waals surface area contributed by atoms with Crippen LogP contribution < -0.4 is 0 Å².